The molecule has 0 saturated heterocycles. The predicted octanol–water partition coefficient (Wildman–Crippen LogP) is 1.58. The smallest absolute Gasteiger partial charge is 0.367 e. The summed E-state index contributed by atoms with van der Waals surface area (Å²) in [6.07, 6.45) is -2.64. The Morgan fingerprint density at radius 3 is 2.71 bits per heavy atom. The van der Waals surface area contributed by atoms with Crippen LogP contribution in [0, 0.1) is 0 Å². The van der Waals surface area contributed by atoms with E-state index in [1.54, 1.807) is 18.5 Å². The van der Waals surface area contributed by atoms with Crippen molar-refractivity contribution in [2.45, 2.75) is 19.1 Å². The van der Waals surface area contributed by atoms with Crippen molar-refractivity contribution < 1.29 is 18.0 Å². The zero-order valence-electron chi connectivity index (χ0n) is 7.19. The number of halogens is 3. The molecule has 78 valence electrons. The van der Waals surface area contributed by atoms with Gasteiger partial charge < -0.3 is 10.3 Å². The number of aromatic nitrogens is 1. The number of hydrogen-bond donors (Lipinski definition) is 2. The zero-order chi connectivity index (χ0) is 10.6. The summed E-state index contributed by atoms with van der Waals surface area (Å²) in [6.45, 7) is 0.110. The molecule has 0 radical (unpaired) electrons. The molecule has 0 spiro atoms. The SMILES string of the molecule is O=C(CC(F)(F)F)NCc1cc[nH]c1. The molecule has 1 amide bonds. The van der Waals surface area contributed by atoms with Crippen LogP contribution in [0.4, 0.5) is 13.2 Å². The molecule has 1 aromatic rings. The summed E-state index contributed by atoms with van der Waals surface area (Å²) in [5, 5.41) is 2.16. The van der Waals surface area contributed by atoms with Gasteiger partial charge in [-0.05, 0) is 11.6 Å². The van der Waals surface area contributed by atoms with Crippen molar-refractivity contribution in [1.82, 2.24) is 10.3 Å². The summed E-state index contributed by atoms with van der Waals surface area (Å²) in [4.78, 5) is 13.4. The standard InChI is InChI=1S/C8H9F3N2O/c9-8(10,11)3-7(14)13-5-6-1-2-12-4-6/h1-2,4,12H,3,5H2,(H,13,14). The van der Waals surface area contributed by atoms with Crippen LogP contribution in [0.25, 0.3) is 0 Å². The lowest BCUT2D eigenvalue weighted by atomic mass is 10.3. The second kappa shape index (κ2) is 4.17. The van der Waals surface area contributed by atoms with Gasteiger partial charge >= 0.3 is 6.18 Å². The number of nitrogens with one attached hydrogen (secondary N) is 2. The number of H-pyrrole nitrogens is 1. The topological polar surface area (TPSA) is 44.9 Å². The van der Waals surface area contributed by atoms with E-state index in [1.165, 1.54) is 0 Å². The third kappa shape index (κ3) is 3.97. The molecule has 0 aromatic carbocycles. The average Bonchev–Trinajstić information content (AvgIpc) is 2.49. The highest BCUT2D eigenvalue weighted by Gasteiger charge is 2.30. The molecule has 1 heterocycles. The molecule has 0 saturated carbocycles. The van der Waals surface area contributed by atoms with Crippen LogP contribution in [0.1, 0.15) is 12.0 Å². The third-order valence-corrected chi connectivity index (χ3v) is 1.51. The second-order valence-corrected chi connectivity index (χ2v) is 2.79. The largest absolute Gasteiger partial charge is 0.397 e. The van der Waals surface area contributed by atoms with Gasteiger partial charge in [0.2, 0.25) is 5.91 Å². The predicted molar refractivity (Wildman–Crippen MR) is 43.3 cm³/mol. The highest BCUT2D eigenvalue weighted by atomic mass is 19.4. The maximum atomic E-state index is 11.7. The van der Waals surface area contributed by atoms with Crippen LogP contribution in [0.15, 0.2) is 18.5 Å². The lowest BCUT2D eigenvalue weighted by Crippen LogP contribution is -2.27. The van der Waals surface area contributed by atoms with Gasteiger partial charge in [-0.15, -0.1) is 0 Å². The molecule has 1 aromatic heterocycles. The van der Waals surface area contributed by atoms with Crippen molar-refractivity contribution >= 4 is 5.91 Å². The Morgan fingerprint density at radius 2 is 2.21 bits per heavy atom. The third-order valence-electron chi connectivity index (χ3n) is 1.51. The summed E-state index contributed by atoms with van der Waals surface area (Å²) in [5.74, 6) is -1.02. The molecule has 1 rings (SSSR count). The van der Waals surface area contributed by atoms with Gasteiger partial charge in [-0.3, -0.25) is 4.79 Å². The maximum Gasteiger partial charge on any atom is 0.397 e. The first kappa shape index (κ1) is 10.6. The molecule has 14 heavy (non-hydrogen) atoms. The van der Waals surface area contributed by atoms with Crippen molar-refractivity contribution in [3.63, 3.8) is 0 Å². The molecule has 0 fully saturated rings. The van der Waals surface area contributed by atoms with Crippen LogP contribution >= 0.6 is 0 Å². The Hall–Kier alpha value is -1.46. The molecule has 6 heteroatoms. The number of carbonyl (C=O) groups excluding carboxylic acids is 1. The molecule has 0 aliphatic rings. The summed E-state index contributed by atoms with van der Waals surface area (Å²) in [7, 11) is 0. The van der Waals surface area contributed by atoms with Crippen LogP contribution in [-0.4, -0.2) is 17.1 Å². The number of rotatable bonds is 3. The minimum absolute atomic E-state index is 0.110. The molecule has 0 atom stereocenters. The monoisotopic (exact) mass is 206 g/mol. The van der Waals surface area contributed by atoms with E-state index in [4.69, 9.17) is 0 Å². The van der Waals surface area contributed by atoms with E-state index < -0.39 is 18.5 Å². The highest BCUT2D eigenvalue weighted by molar-refractivity contribution is 5.76. The van der Waals surface area contributed by atoms with Crippen molar-refractivity contribution in [3.8, 4) is 0 Å². The van der Waals surface area contributed by atoms with Gasteiger partial charge in [0, 0.05) is 18.9 Å². The van der Waals surface area contributed by atoms with Gasteiger partial charge in [-0.1, -0.05) is 0 Å². The van der Waals surface area contributed by atoms with Crippen LogP contribution in [0.2, 0.25) is 0 Å². The van der Waals surface area contributed by atoms with Gasteiger partial charge in [0.05, 0.1) is 0 Å². The van der Waals surface area contributed by atoms with Gasteiger partial charge in [0.25, 0.3) is 0 Å². The zero-order valence-corrected chi connectivity index (χ0v) is 7.19. The maximum absolute atomic E-state index is 11.7. The van der Waals surface area contributed by atoms with Crippen molar-refractivity contribution in [3.05, 3.63) is 24.0 Å². The van der Waals surface area contributed by atoms with Crippen molar-refractivity contribution in [2.24, 2.45) is 0 Å². The summed E-state index contributed by atoms with van der Waals surface area (Å²) < 4.78 is 35.1. The second-order valence-electron chi connectivity index (χ2n) is 2.79. The quantitative estimate of drug-likeness (QED) is 0.774. The van der Waals surface area contributed by atoms with E-state index in [9.17, 15) is 18.0 Å². The van der Waals surface area contributed by atoms with Crippen LogP contribution in [0.3, 0.4) is 0 Å². The minimum Gasteiger partial charge on any atom is -0.367 e. The van der Waals surface area contributed by atoms with E-state index in [0.29, 0.717) is 0 Å². The Balaban J connectivity index is 2.29. The fourth-order valence-electron chi connectivity index (χ4n) is 0.914. The number of aromatic amines is 1. The normalized spacial score (nSPS) is 11.4. The Kier molecular flexibility index (Phi) is 3.16. The van der Waals surface area contributed by atoms with Crippen LogP contribution in [-0.2, 0) is 11.3 Å². The molecule has 0 unspecified atom stereocenters. The molecule has 0 aliphatic carbocycles. The molecule has 2 N–H and O–H groups in total. The molecule has 0 aliphatic heterocycles. The number of alkyl halides is 3. The van der Waals surface area contributed by atoms with E-state index in [2.05, 4.69) is 10.3 Å². The molecular weight excluding hydrogens is 197 g/mol. The van der Waals surface area contributed by atoms with Gasteiger partial charge in [-0.25, -0.2) is 0 Å². The Morgan fingerprint density at radius 1 is 1.50 bits per heavy atom. The number of carbonyl (C=O) groups is 1. The molecular formula is C8H9F3N2O. The molecule has 3 nitrogen and oxygen atoms in total. The number of hydrogen-bond acceptors (Lipinski definition) is 1. The summed E-state index contributed by atoms with van der Waals surface area (Å²) in [5.41, 5.74) is 0.737. The fourth-order valence-corrected chi connectivity index (χ4v) is 0.914. The first-order chi connectivity index (χ1) is 6.47. The minimum atomic E-state index is -4.44. The van der Waals surface area contributed by atoms with Crippen LogP contribution < -0.4 is 5.32 Å². The van der Waals surface area contributed by atoms with E-state index in [0.717, 1.165) is 5.56 Å². The first-order valence-corrected chi connectivity index (χ1v) is 3.92. The summed E-state index contributed by atoms with van der Waals surface area (Å²) >= 11 is 0. The Labute approximate surface area is 78.3 Å². The van der Waals surface area contributed by atoms with Gasteiger partial charge in [0.15, 0.2) is 0 Å². The highest BCUT2D eigenvalue weighted by Crippen LogP contribution is 2.18. The van der Waals surface area contributed by atoms with E-state index in [-0.39, 0.29) is 6.54 Å². The van der Waals surface area contributed by atoms with E-state index >= 15 is 0 Å². The van der Waals surface area contributed by atoms with Crippen LogP contribution in [0.5, 0.6) is 0 Å². The van der Waals surface area contributed by atoms with Crippen molar-refractivity contribution in [2.75, 3.05) is 0 Å². The van der Waals surface area contributed by atoms with Gasteiger partial charge in [-0.2, -0.15) is 13.2 Å². The van der Waals surface area contributed by atoms with Crippen molar-refractivity contribution in [1.29, 1.82) is 0 Å². The number of amides is 1. The average molecular weight is 206 g/mol. The summed E-state index contributed by atoms with van der Waals surface area (Å²) in [6, 6.07) is 1.67. The van der Waals surface area contributed by atoms with Gasteiger partial charge in [0.1, 0.15) is 6.42 Å². The first-order valence-electron chi connectivity index (χ1n) is 3.92. The van der Waals surface area contributed by atoms with E-state index in [1.807, 2.05) is 0 Å². The Bertz CT molecular complexity index is 292. The molecule has 0 bridgehead atoms. The lowest BCUT2D eigenvalue weighted by molar-refractivity contribution is -0.153. The fraction of sp³-hybridized carbons (Fsp3) is 0.375. The lowest BCUT2D eigenvalue weighted by Gasteiger charge is -2.06.